The summed E-state index contributed by atoms with van der Waals surface area (Å²) in [4.78, 5) is 24.6. The van der Waals surface area contributed by atoms with Crippen molar-refractivity contribution in [1.29, 1.82) is 0 Å². The van der Waals surface area contributed by atoms with Crippen LogP contribution in [-0.4, -0.2) is 53.2 Å². The molecule has 1 fully saturated rings. The summed E-state index contributed by atoms with van der Waals surface area (Å²) in [7, 11) is 0. The van der Waals surface area contributed by atoms with Gasteiger partial charge < -0.3 is 20.1 Å². The van der Waals surface area contributed by atoms with E-state index in [1.807, 2.05) is 31.2 Å². The molecular formula is C15H18N2O4. The fourth-order valence-electron chi connectivity index (χ4n) is 2.91. The number of anilines is 1. The van der Waals surface area contributed by atoms with Gasteiger partial charge in [-0.2, -0.15) is 0 Å². The maximum Gasteiger partial charge on any atom is 0.329 e. The Labute approximate surface area is 122 Å². The van der Waals surface area contributed by atoms with Gasteiger partial charge in [0.05, 0.1) is 13.1 Å². The largest absolute Gasteiger partial charge is 0.480 e. The monoisotopic (exact) mass is 290 g/mol. The summed E-state index contributed by atoms with van der Waals surface area (Å²) in [6, 6.07) is 7.67. The Kier molecular flexibility index (Phi) is 3.33. The summed E-state index contributed by atoms with van der Waals surface area (Å²) >= 11 is 0. The highest BCUT2D eigenvalue weighted by atomic mass is 16.5. The molecule has 1 aromatic rings. The standard InChI is InChI=1S/C15H18N2O4/c1-15(21-7-13(18)19)8-17(9-15)14(20)12-6-10-4-2-3-5-11(10)16-12/h2-5,12,16H,6-9H2,1H3,(H,18,19)/t12-/m0/s1. The maximum atomic E-state index is 12.4. The number of ether oxygens (including phenoxy) is 1. The van der Waals surface area contributed by atoms with Crippen LogP contribution in [0.1, 0.15) is 12.5 Å². The number of para-hydroxylation sites is 1. The van der Waals surface area contributed by atoms with E-state index in [1.165, 1.54) is 0 Å². The number of likely N-dealkylation sites (tertiary alicyclic amines) is 1. The molecule has 6 heteroatoms. The number of hydrogen-bond acceptors (Lipinski definition) is 4. The van der Waals surface area contributed by atoms with Crippen LogP contribution in [0.2, 0.25) is 0 Å². The topological polar surface area (TPSA) is 78.9 Å². The average molecular weight is 290 g/mol. The number of carboxylic acids is 1. The van der Waals surface area contributed by atoms with E-state index in [2.05, 4.69) is 5.32 Å². The Morgan fingerprint density at radius 1 is 1.43 bits per heavy atom. The molecule has 112 valence electrons. The Morgan fingerprint density at radius 3 is 2.81 bits per heavy atom. The molecule has 0 spiro atoms. The SMILES string of the molecule is CC1(OCC(=O)O)CN(C(=O)[C@@H]2Cc3ccccc3N2)C1. The lowest BCUT2D eigenvalue weighted by molar-refractivity contribution is -0.173. The molecule has 0 saturated carbocycles. The van der Waals surface area contributed by atoms with Gasteiger partial charge in [0.25, 0.3) is 0 Å². The first-order chi connectivity index (χ1) is 9.97. The molecule has 21 heavy (non-hydrogen) atoms. The van der Waals surface area contributed by atoms with Gasteiger partial charge in [-0.25, -0.2) is 4.79 Å². The first kappa shape index (κ1) is 13.9. The number of nitrogens with one attached hydrogen (secondary N) is 1. The summed E-state index contributed by atoms with van der Waals surface area (Å²) in [5, 5.41) is 11.9. The van der Waals surface area contributed by atoms with Crippen LogP contribution in [-0.2, 0) is 20.7 Å². The third-order valence-electron chi connectivity index (χ3n) is 3.98. The van der Waals surface area contributed by atoms with Gasteiger partial charge in [0, 0.05) is 12.1 Å². The molecule has 1 aromatic carbocycles. The van der Waals surface area contributed by atoms with Crippen LogP contribution in [0.3, 0.4) is 0 Å². The number of aliphatic carboxylic acids is 1. The molecule has 2 aliphatic heterocycles. The first-order valence-electron chi connectivity index (χ1n) is 6.96. The van der Waals surface area contributed by atoms with Crippen molar-refractivity contribution < 1.29 is 19.4 Å². The molecule has 1 atom stereocenters. The smallest absolute Gasteiger partial charge is 0.329 e. The third-order valence-corrected chi connectivity index (χ3v) is 3.98. The van der Waals surface area contributed by atoms with E-state index in [9.17, 15) is 9.59 Å². The minimum atomic E-state index is -0.992. The van der Waals surface area contributed by atoms with Crippen LogP contribution >= 0.6 is 0 Å². The van der Waals surface area contributed by atoms with Gasteiger partial charge in [-0.15, -0.1) is 0 Å². The summed E-state index contributed by atoms with van der Waals surface area (Å²) in [5.41, 5.74) is 1.63. The zero-order chi connectivity index (χ0) is 15.0. The van der Waals surface area contributed by atoms with Gasteiger partial charge in [0.1, 0.15) is 18.2 Å². The molecule has 2 heterocycles. The molecule has 0 radical (unpaired) electrons. The van der Waals surface area contributed by atoms with Crippen LogP contribution in [0.15, 0.2) is 24.3 Å². The number of carbonyl (C=O) groups is 2. The molecule has 1 saturated heterocycles. The first-order valence-corrected chi connectivity index (χ1v) is 6.96. The lowest BCUT2D eigenvalue weighted by atomic mass is 9.95. The fraction of sp³-hybridized carbons (Fsp3) is 0.467. The molecule has 0 aliphatic carbocycles. The molecule has 1 amide bonds. The number of hydrogen-bond donors (Lipinski definition) is 2. The minimum Gasteiger partial charge on any atom is -0.480 e. The van der Waals surface area contributed by atoms with E-state index in [0.29, 0.717) is 19.5 Å². The zero-order valence-corrected chi connectivity index (χ0v) is 11.8. The van der Waals surface area contributed by atoms with Crippen LogP contribution in [0.4, 0.5) is 5.69 Å². The summed E-state index contributed by atoms with van der Waals surface area (Å²) in [5.74, 6) is -0.948. The van der Waals surface area contributed by atoms with Gasteiger partial charge in [-0.3, -0.25) is 4.79 Å². The predicted molar refractivity (Wildman–Crippen MR) is 76.1 cm³/mol. The number of amides is 1. The number of rotatable bonds is 4. The van der Waals surface area contributed by atoms with Gasteiger partial charge in [-0.1, -0.05) is 18.2 Å². The molecule has 2 N–H and O–H groups in total. The van der Waals surface area contributed by atoms with Crippen LogP contribution in [0, 0.1) is 0 Å². The van der Waals surface area contributed by atoms with E-state index in [1.54, 1.807) is 4.90 Å². The number of nitrogens with zero attached hydrogens (tertiary/aromatic N) is 1. The predicted octanol–water partition coefficient (Wildman–Crippen LogP) is 0.725. The normalized spacial score (nSPS) is 22.1. The van der Waals surface area contributed by atoms with Crippen LogP contribution < -0.4 is 5.32 Å². The molecular weight excluding hydrogens is 272 g/mol. The molecule has 2 aliphatic rings. The van der Waals surface area contributed by atoms with Gasteiger partial charge in [-0.05, 0) is 18.6 Å². The molecule has 6 nitrogen and oxygen atoms in total. The van der Waals surface area contributed by atoms with E-state index >= 15 is 0 Å². The number of carbonyl (C=O) groups excluding carboxylic acids is 1. The van der Waals surface area contributed by atoms with Crippen molar-refractivity contribution in [2.45, 2.75) is 25.0 Å². The Balaban J connectivity index is 1.54. The van der Waals surface area contributed by atoms with Crippen molar-refractivity contribution in [2.24, 2.45) is 0 Å². The minimum absolute atomic E-state index is 0.0441. The van der Waals surface area contributed by atoms with Crippen LogP contribution in [0.5, 0.6) is 0 Å². The van der Waals surface area contributed by atoms with Crippen molar-refractivity contribution in [2.75, 3.05) is 25.0 Å². The second-order valence-electron chi connectivity index (χ2n) is 5.88. The second kappa shape index (κ2) is 5.04. The highest BCUT2D eigenvalue weighted by molar-refractivity contribution is 5.88. The summed E-state index contributed by atoms with van der Waals surface area (Å²) < 4.78 is 5.32. The summed E-state index contributed by atoms with van der Waals surface area (Å²) in [6.07, 6.45) is 0.693. The number of benzene rings is 1. The van der Waals surface area contributed by atoms with Crippen molar-refractivity contribution in [3.8, 4) is 0 Å². The Hall–Kier alpha value is -2.08. The van der Waals surface area contributed by atoms with Crippen molar-refractivity contribution in [3.05, 3.63) is 29.8 Å². The molecule has 0 bridgehead atoms. The molecule has 3 rings (SSSR count). The van der Waals surface area contributed by atoms with Gasteiger partial charge in [0.15, 0.2) is 0 Å². The van der Waals surface area contributed by atoms with Crippen molar-refractivity contribution in [1.82, 2.24) is 4.90 Å². The Morgan fingerprint density at radius 2 is 2.14 bits per heavy atom. The quantitative estimate of drug-likeness (QED) is 0.854. The maximum absolute atomic E-state index is 12.4. The Bertz CT molecular complexity index is 556. The summed E-state index contributed by atoms with van der Waals surface area (Å²) in [6.45, 7) is 2.38. The van der Waals surface area contributed by atoms with E-state index in [-0.39, 0.29) is 18.6 Å². The van der Waals surface area contributed by atoms with Gasteiger partial charge >= 0.3 is 5.97 Å². The highest BCUT2D eigenvalue weighted by Crippen LogP contribution is 2.30. The van der Waals surface area contributed by atoms with E-state index in [4.69, 9.17) is 9.84 Å². The fourth-order valence-corrected chi connectivity index (χ4v) is 2.91. The molecule has 0 aromatic heterocycles. The number of carboxylic acid groups (broad SMARTS) is 1. The van der Waals surface area contributed by atoms with E-state index in [0.717, 1.165) is 11.3 Å². The third kappa shape index (κ3) is 2.71. The lowest BCUT2D eigenvalue weighted by Gasteiger charge is -2.48. The van der Waals surface area contributed by atoms with Crippen molar-refractivity contribution in [3.63, 3.8) is 0 Å². The zero-order valence-electron chi connectivity index (χ0n) is 11.8. The second-order valence-corrected chi connectivity index (χ2v) is 5.88. The highest BCUT2D eigenvalue weighted by Gasteiger charge is 2.45. The van der Waals surface area contributed by atoms with Crippen LogP contribution in [0.25, 0.3) is 0 Å². The lowest BCUT2D eigenvalue weighted by Crippen LogP contribution is -2.65. The van der Waals surface area contributed by atoms with Gasteiger partial charge in [0.2, 0.25) is 5.91 Å². The average Bonchev–Trinajstić information content (AvgIpc) is 2.85. The molecule has 0 unspecified atom stereocenters. The number of fused-ring (bicyclic) bond motifs is 1. The van der Waals surface area contributed by atoms with E-state index < -0.39 is 11.6 Å². The van der Waals surface area contributed by atoms with Crippen molar-refractivity contribution >= 4 is 17.6 Å².